The molecule has 2 fully saturated rings. The van der Waals surface area contributed by atoms with Crippen LogP contribution in [-0.4, -0.2) is 98.1 Å². The van der Waals surface area contributed by atoms with Crippen molar-refractivity contribution in [2.75, 3.05) is 65.4 Å². The van der Waals surface area contributed by atoms with Crippen LogP contribution in [0.4, 0.5) is 0 Å². The summed E-state index contributed by atoms with van der Waals surface area (Å²) >= 11 is 0. The predicted octanol–water partition coefficient (Wildman–Crippen LogP) is 1.59. The molecule has 28 heavy (non-hydrogen) atoms. The highest BCUT2D eigenvalue weighted by molar-refractivity contribution is 14.0. The van der Waals surface area contributed by atoms with E-state index in [9.17, 15) is 4.79 Å². The molecule has 0 aromatic carbocycles. The Hall–Kier alpha value is -0.610. The lowest BCUT2D eigenvalue weighted by Gasteiger charge is -2.34. The van der Waals surface area contributed by atoms with Crippen LogP contribution in [0.3, 0.4) is 0 Å². The summed E-state index contributed by atoms with van der Waals surface area (Å²) in [6, 6.07) is 0.734. The van der Waals surface area contributed by atoms with E-state index in [4.69, 9.17) is 4.99 Å². The number of piperidine rings is 1. The van der Waals surface area contributed by atoms with Gasteiger partial charge in [0.05, 0.1) is 0 Å². The van der Waals surface area contributed by atoms with E-state index >= 15 is 0 Å². The number of piperazine rings is 1. The molecule has 0 spiro atoms. The number of hydrogen-bond acceptors (Lipinski definition) is 4. The first-order valence-electron chi connectivity index (χ1n) is 10.8. The molecule has 1 amide bonds. The van der Waals surface area contributed by atoms with Gasteiger partial charge < -0.3 is 20.4 Å². The van der Waals surface area contributed by atoms with E-state index in [0.29, 0.717) is 0 Å². The van der Waals surface area contributed by atoms with Crippen molar-refractivity contribution in [3.63, 3.8) is 0 Å². The molecular weight excluding hydrogens is 467 g/mol. The normalized spacial score (nSPS) is 21.9. The zero-order valence-corrected chi connectivity index (χ0v) is 20.4. The number of carbonyl (C=O) groups excluding carboxylic acids is 1. The van der Waals surface area contributed by atoms with Crippen LogP contribution < -0.4 is 10.6 Å². The lowest BCUT2D eigenvalue weighted by atomic mass is 10.0. The summed E-state index contributed by atoms with van der Waals surface area (Å²) in [6.07, 6.45) is 5.19. The average Bonchev–Trinajstić information content (AvgIpc) is 2.67. The van der Waals surface area contributed by atoms with Gasteiger partial charge in [-0.3, -0.25) is 14.7 Å². The molecule has 0 aromatic rings. The first kappa shape index (κ1) is 25.4. The summed E-state index contributed by atoms with van der Waals surface area (Å²) in [7, 11) is 0. The lowest BCUT2D eigenvalue weighted by molar-refractivity contribution is -0.130. The van der Waals surface area contributed by atoms with Gasteiger partial charge in [-0.2, -0.15) is 0 Å². The van der Waals surface area contributed by atoms with Crippen LogP contribution in [0.5, 0.6) is 0 Å². The second kappa shape index (κ2) is 14.4. The molecule has 0 saturated carbocycles. The third-order valence-corrected chi connectivity index (χ3v) is 5.70. The number of guanidine groups is 1. The Morgan fingerprint density at radius 2 is 1.82 bits per heavy atom. The van der Waals surface area contributed by atoms with Gasteiger partial charge >= 0.3 is 0 Å². The molecule has 0 bridgehead atoms. The second-order valence-electron chi connectivity index (χ2n) is 7.77. The van der Waals surface area contributed by atoms with Crippen molar-refractivity contribution in [1.29, 1.82) is 0 Å². The van der Waals surface area contributed by atoms with Crippen LogP contribution in [0.1, 0.15) is 46.5 Å². The van der Waals surface area contributed by atoms with Crippen LogP contribution in [0.2, 0.25) is 0 Å². The number of hydrogen-bond donors (Lipinski definition) is 2. The zero-order chi connectivity index (χ0) is 19.5. The number of amides is 1. The summed E-state index contributed by atoms with van der Waals surface area (Å²) < 4.78 is 0. The summed E-state index contributed by atoms with van der Waals surface area (Å²) in [5.41, 5.74) is 0. The van der Waals surface area contributed by atoms with E-state index in [1.165, 1.54) is 25.8 Å². The average molecular weight is 508 g/mol. The Kier molecular flexibility index (Phi) is 13.1. The van der Waals surface area contributed by atoms with E-state index < -0.39 is 0 Å². The van der Waals surface area contributed by atoms with Crippen molar-refractivity contribution < 1.29 is 4.79 Å². The van der Waals surface area contributed by atoms with Crippen LogP contribution in [0.25, 0.3) is 0 Å². The summed E-state index contributed by atoms with van der Waals surface area (Å²) in [5, 5.41) is 6.80. The maximum absolute atomic E-state index is 11.4. The van der Waals surface area contributed by atoms with Crippen molar-refractivity contribution in [1.82, 2.24) is 25.3 Å². The molecule has 0 aliphatic carbocycles. The van der Waals surface area contributed by atoms with Gasteiger partial charge in [0.15, 0.2) is 5.96 Å². The molecule has 2 aliphatic heterocycles. The quantitative estimate of drug-likeness (QED) is 0.226. The van der Waals surface area contributed by atoms with Gasteiger partial charge in [0.1, 0.15) is 0 Å². The molecule has 2 N–H and O–H groups in total. The number of aliphatic imine (C=N–C) groups is 1. The molecule has 2 heterocycles. The first-order chi connectivity index (χ1) is 13.1. The summed E-state index contributed by atoms with van der Waals surface area (Å²) in [5.74, 6) is 1.11. The third kappa shape index (κ3) is 9.26. The molecule has 2 saturated heterocycles. The number of likely N-dealkylation sites (tertiary alicyclic amines) is 1. The van der Waals surface area contributed by atoms with Crippen molar-refractivity contribution in [3.8, 4) is 0 Å². The number of nitrogens with one attached hydrogen (secondary N) is 2. The highest BCUT2D eigenvalue weighted by Crippen LogP contribution is 2.16. The van der Waals surface area contributed by atoms with Crippen molar-refractivity contribution in [2.24, 2.45) is 4.99 Å². The number of halogens is 1. The zero-order valence-electron chi connectivity index (χ0n) is 18.1. The first-order valence-corrected chi connectivity index (χ1v) is 10.8. The third-order valence-electron chi connectivity index (χ3n) is 5.70. The smallest absolute Gasteiger partial charge is 0.219 e. The van der Waals surface area contributed by atoms with E-state index in [-0.39, 0.29) is 29.9 Å². The molecule has 7 nitrogen and oxygen atoms in total. The Bertz CT molecular complexity index is 468. The van der Waals surface area contributed by atoms with Gasteiger partial charge in [0.2, 0.25) is 5.91 Å². The van der Waals surface area contributed by atoms with Crippen LogP contribution in [-0.2, 0) is 4.79 Å². The minimum Gasteiger partial charge on any atom is -0.357 e. The molecule has 8 heteroatoms. The van der Waals surface area contributed by atoms with Crippen molar-refractivity contribution >= 4 is 35.8 Å². The number of nitrogens with zero attached hydrogens (tertiary/aromatic N) is 4. The summed E-state index contributed by atoms with van der Waals surface area (Å²) in [4.78, 5) is 23.1. The molecular formula is C20H41IN6O. The molecule has 1 atom stereocenters. The van der Waals surface area contributed by atoms with Gasteiger partial charge in [-0.15, -0.1) is 24.0 Å². The molecule has 2 rings (SSSR count). The fourth-order valence-corrected chi connectivity index (χ4v) is 3.91. The fraction of sp³-hybridized carbons (Fsp3) is 0.900. The van der Waals surface area contributed by atoms with Crippen LogP contribution in [0.15, 0.2) is 4.99 Å². The highest BCUT2D eigenvalue weighted by atomic mass is 127. The lowest BCUT2D eigenvalue weighted by Crippen LogP contribution is -2.50. The molecule has 2 aliphatic rings. The topological polar surface area (TPSA) is 63.2 Å². The largest absolute Gasteiger partial charge is 0.357 e. The van der Waals surface area contributed by atoms with Gasteiger partial charge in [0.25, 0.3) is 0 Å². The number of rotatable bonds is 8. The monoisotopic (exact) mass is 508 g/mol. The van der Waals surface area contributed by atoms with Gasteiger partial charge in [-0.1, -0.05) is 6.42 Å². The van der Waals surface area contributed by atoms with Crippen molar-refractivity contribution in [3.05, 3.63) is 0 Å². The maximum Gasteiger partial charge on any atom is 0.219 e. The predicted molar refractivity (Wildman–Crippen MR) is 128 cm³/mol. The van der Waals surface area contributed by atoms with E-state index in [0.717, 1.165) is 77.3 Å². The molecule has 164 valence electrons. The van der Waals surface area contributed by atoms with Crippen LogP contribution >= 0.6 is 24.0 Å². The van der Waals surface area contributed by atoms with E-state index in [1.807, 2.05) is 4.90 Å². The number of carbonyl (C=O) groups is 1. The Labute approximate surface area is 188 Å². The molecule has 0 aromatic heterocycles. The van der Waals surface area contributed by atoms with Gasteiger partial charge in [-0.05, 0) is 39.7 Å². The van der Waals surface area contributed by atoms with Gasteiger partial charge in [-0.25, -0.2) is 0 Å². The summed E-state index contributed by atoms with van der Waals surface area (Å²) in [6.45, 7) is 15.8. The second-order valence-corrected chi connectivity index (χ2v) is 7.77. The highest BCUT2D eigenvalue weighted by Gasteiger charge is 2.18. The van der Waals surface area contributed by atoms with Crippen molar-refractivity contribution in [2.45, 2.75) is 52.5 Å². The Morgan fingerprint density at radius 3 is 2.46 bits per heavy atom. The Balaban J connectivity index is 0.00000392. The van der Waals surface area contributed by atoms with Gasteiger partial charge in [0, 0.05) is 71.9 Å². The Morgan fingerprint density at radius 1 is 1.07 bits per heavy atom. The van der Waals surface area contributed by atoms with Crippen LogP contribution in [0, 0.1) is 0 Å². The minimum absolute atomic E-state index is 0. The van der Waals surface area contributed by atoms with E-state index in [2.05, 4.69) is 34.3 Å². The van der Waals surface area contributed by atoms with E-state index in [1.54, 1.807) is 6.92 Å². The molecule has 0 radical (unpaired) electrons. The SMILES string of the molecule is CCNC(=NCCCN1CCCCC1C)NCCN1CCN(C(C)=O)CC1.I. The minimum atomic E-state index is 0. The molecule has 1 unspecified atom stereocenters. The standard InChI is InChI=1S/C20H40N6O.HI/c1-4-21-20(22-9-7-12-25-11-6-5-8-18(25)2)23-10-13-24-14-16-26(17-15-24)19(3)27;/h18H,4-17H2,1-3H3,(H2,21,22,23);1H. The maximum atomic E-state index is 11.4. The fourth-order valence-electron chi connectivity index (χ4n) is 3.91.